The van der Waals surface area contributed by atoms with Crippen LogP contribution >= 0.6 is 11.6 Å². The highest BCUT2D eigenvalue weighted by molar-refractivity contribution is 6.29. The number of pyridine rings is 1. The predicted octanol–water partition coefficient (Wildman–Crippen LogP) is 1.51. The lowest BCUT2D eigenvalue weighted by atomic mass is 10.1. The van der Waals surface area contributed by atoms with E-state index in [1.54, 1.807) is 18.2 Å². The standard InChI is InChI=1S/C9H13ClN2O/c1-2-6(11)9(13)7-4-3-5-8(10)12-7/h3-6,9,13H,2,11H2,1H3/t6-,9-/m0/s1. The first kappa shape index (κ1) is 10.4. The maximum atomic E-state index is 9.67. The minimum absolute atomic E-state index is 0.286. The summed E-state index contributed by atoms with van der Waals surface area (Å²) in [4.78, 5) is 3.98. The molecule has 0 amide bonds. The Morgan fingerprint density at radius 2 is 2.31 bits per heavy atom. The molecule has 3 N–H and O–H groups in total. The zero-order chi connectivity index (χ0) is 9.84. The minimum atomic E-state index is -0.733. The van der Waals surface area contributed by atoms with Crippen LogP contribution in [0.15, 0.2) is 18.2 Å². The van der Waals surface area contributed by atoms with Crippen molar-refractivity contribution in [2.45, 2.75) is 25.5 Å². The summed E-state index contributed by atoms with van der Waals surface area (Å²) in [6.07, 6.45) is -0.0290. The first-order valence-corrected chi connectivity index (χ1v) is 4.59. The molecule has 0 aliphatic heterocycles. The molecular formula is C9H13ClN2O. The van der Waals surface area contributed by atoms with Gasteiger partial charge in [-0.2, -0.15) is 0 Å². The van der Waals surface area contributed by atoms with Crippen molar-refractivity contribution in [1.29, 1.82) is 0 Å². The second kappa shape index (κ2) is 4.56. The SMILES string of the molecule is CC[C@H](N)[C@H](O)c1cccc(Cl)n1. The Bertz CT molecular complexity index is 280. The summed E-state index contributed by atoms with van der Waals surface area (Å²) in [7, 11) is 0. The van der Waals surface area contributed by atoms with Gasteiger partial charge in [-0.1, -0.05) is 24.6 Å². The van der Waals surface area contributed by atoms with Crippen LogP contribution in [0.1, 0.15) is 25.1 Å². The Hall–Kier alpha value is -0.640. The van der Waals surface area contributed by atoms with Gasteiger partial charge in [-0.05, 0) is 18.6 Å². The number of hydrogen-bond acceptors (Lipinski definition) is 3. The summed E-state index contributed by atoms with van der Waals surface area (Å²) in [5.74, 6) is 0. The van der Waals surface area contributed by atoms with Crippen LogP contribution in [0.3, 0.4) is 0 Å². The van der Waals surface area contributed by atoms with Crippen molar-refractivity contribution < 1.29 is 5.11 Å². The molecule has 0 spiro atoms. The van der Waals surface area contributed by atoms with Crippen molar-refractivity contribution in [1.82, 2.24) is 4.98 Å². The molecular weight excluding hydrogens is 188 g/mol. The van der Waals surface area contributed by atoms with Crippen molar-refractivity contribution in [3.63, 3.8) is 0 Å². The second-order valence-electron chi connectivity index (χ2n) is 2.90. The van der Waals surface area contributed by atoms with Crippen molar-refractivity contribution >= 4 is 11.6 Å². The Kier molecular flexibility index (Phi) is 3.66. The smallest absolute Gasteiger partial charge is 0.129 e. The fourth-order valence-electron chi connectivity index (χ4n) is 1.03. The van der Waals surface area contributed by atoms with E-state index in [9.17, 15) is 5.11 Å². The highest BCUT2D eigenvalue weighted by atomic mass is 35.5. The number of aliphatic hydroxyl groups excluding tert-OH is 1. The van der Waals surface area contributed by atoms with Crippen LogP contribution in [0.5, 0.6) is 0 Å². The van der Waals surface area contributed by atoms with E-state index >= 15 is 0 Å². The van der Waals surface area contributed by atoms with E-state index in [1.165, 1.54) is 0 Å². The summed E-state index contributed by atoms with van der Waals surface area (Å²) in [6.45, 7) is 1.92. The van der Waals surface area contributed by atoms with E-state index in [0.717, 1.165) is 0 Å². The molecule has 4 heteroatoms. The lowest BCUT2D eigenvalue weighted by Gasteiger charge is -2.16. The van der Waals surface area contributed by atoms with Gasteiger partial charge in [-0.3, -0.25) is 0 Å². The van der Waals surface area contributed by atoms with Crippen LogP contribution in [0.2, 0.25) is 5.15 Å². The van der Waals surface area contributed by atoms with E-state index in [1.807, 2.05) is 6.92 Å². The van der Waals surface area contributed by atoms with Crippen LogP contribution in [-0.2, 0) is 0 Å². The molecule has 0 bridgehead atoms. The number of hydrogen-bond donors (Lipinski definition) is 2. The predicted molar refractivity (Wildman–Crippen MR) is 52.5 cm³/mol. The maximum absolute atomic E-state index is 9.67. The van der Waals surface area contributed by atoms with Crippen molar-refractivity contribution in [2.24, 2.45) is 5.73 Å². The third kappa shape index (κ3) is 2.66. The summed E-state index contributed by atoms with van der Waals surface area (Å²) in [6, 6.07) is 4.84. The Morgan fingerprint density at radius 1 is 1.62 bits per heavy atom. The van der Waals surface area contributed by atoms with Crippen molar-refractivity contribution in [2.75, 3.05) is 0 Å². The summed E-state index contributed by atoms with van der Waals surface area (Å²) in [5.41, 5.74) is 6.19. The van der Waals surface area contributed by atoms with Gasteiger partial charge in [0.15, 0.2) is 0 Å². The molecule has 1 aromatic rings. The number of nitrogens with two attached hydrogens (primary N) is 1. The molecule has 3 nitrogen and oxygen atoms in total. The topological polar surface area (TPSA) is 59.1 Å². The summed E-state index contributed by atoms with van der Waals surface area (Å²) >= 11 is 5.67. The first-order chi connectivity index (χ1) is 6.15. The van der Waals surface area contributed by atoms with Crippen LogP contribution in [0.25, 0.3) is 0 Å². The van der Waals surface area contributed by atoms with Gasteiger partial charge in [0.05, 0.1) is 5.69 Å². The zero-order valence-electron chi connectivity index (χ0n) is 7.44. The molecule has 2 atom stereocenters. The number of rotatable bonds is 3. The van der Waals surface area contributed by atoms with Gasteiger partial charge in [0.2, 0.25) is 0 Å². The molecule has 0 aliphatic carbocycles. The maximum Gasteiger partial charge on any atom is 0.129 e. The first-order valence-electron chi connectivity index (χ1n) is 4.21. The molecule has 0 saturated heterocycles. The van der Waals surface area contributed by atoms with Gasteiger partial charge >= 0.3 is 0 Å². The molecule has 1 heterocycles. The number of aliphatic hydroxyl groups is 1. The fourth-order valence-corrected chi connectivity index (χ4v) is 1.20. The van der Waals surface area contributed by atoms with Crippen molar-refractivity contribution in [3.05, 3.63) is 29.0 Å². The minimum Gasteiger partial charge on any atom is -0.385 e. The summed E-state index contributed by atoms with van der Waals surface area (Å²) < 4.78 is 0. The molecule has 0 saturated carbocycles. The molecule has 0 fully saturated rings. The van der Waals surface area contributed by atoms with Crippen LogP contribution in [-0.4, -0.2) is 16.1 Å². The van der Waals surface area contributed by atoms with Gasteiger partial charge in [0, 0.05) is 6.04 Å². The van der Waals surface area contributed by atoms with Gasteiger partial charge in [0.1, 0.15) is 11.3 Å². The Balaban J connectivity index is 2.82. The van der Waals surface area contributed by atoms with Gasteiger partial charge < -0.3 is 10.8 Å². The Labute approximate surface area is 82.5 Å². The van der Waals surface area contributed by atoms with Gasteiger partial charge in [-0.25, -0.2) is 4.98 Å². The number of nitrogens with zero attached hydrogens (tertiary/aromatic N) is 1. The van der Waals surface area contributed by atoms with E-state index in [0.29, 0.717) is 17.3 Å². The quantitative estimate of drug-likeness (QED) is 0.728. The van der Waals surface area contributed by atoms with E-state index in [-0.39, 0.29) is 6.04 Å². The van der Waals surface area contributed by atoms with Crippen molar-refractivity contribution in [3.8, 4) is 0 Å². The van der Waals surface area contributed by atoms with Crippen LogP contribution in [0, 0.1) is 0 Å². The average molecular weight is 201 g/mol. The van der Waals surface area contributed by atoms with E-state index in [4.69, 9.17) is 17.3 Å². The molecule has 0 aliphatic rings. The molecule has 1 aromatic heterocycles. The third-order valence-corrected chi connectivity index (χ3v) is 2.13. The zero-order valence-corrected chi connectivity index (χ0v) is 8.20. The molecule has 1 rings (SSSR count). The highest BCUT2D eigenvalue weighted by Gasteiger charge is 2.16. The monoisotopic (exact) mass is 200 g/mol. The number of aromatic nitrogens is 1. The summed E-state index contributed by atoms with van der Waals surface area (Å²) in [5, 5.41) is 10.0. The normalized spacial score (nSPS) is 15.4. The highest BCUT2D eigenvalue weighted by Crippen LogP contribution is 2.16. The third-order valence-electron chi connectivity index (χ3n) is 1.92. The van der Waals surface area contributed by atoms with Crippen LogP contribution in [0.4, 0.5) is 0 Å². The lowest BCUT2D eigenvalue weighted by Crippen LogP contribution is -2.27. The second-order valence-corrected chi connectivity index (χ2v) is 3.29. The van der Waals surface area contributed by atoms with Crippen LogP contribution < -0.4 is 5.73 Å². The average Bonchev–Trinajstić information content (AvgIpc) is 2.15. The lowest BCUT2D eigenvalue weighted by molar-refractivity contribution is 0.140. The molecule has 0 aromatic carbocycles. The largest absolute Gasteiger partial charge is 0.385 e. The molecule has 0 unspecified atom stereocenters. The van der Waals surface area contributed by atoms with Gasteiger partial charge in [-0.15, -0.1) is 0 Å². The van der Waals surface area contributed by atoms with E-state index in [2.05, 4.69) is 4.98 Å². The van der Waals surface area contributed by atoms with E-state index < -0.39 is 6.10 Å². The Morgan fingerprint density at radius 3 is 2.85 bits per heavy atom. The molecule has 0 radical (unpaired) electrons. The van der Waals surface area contributed by atoms with Gasteiger partial charge in [0.25, 0.3) is 0 Å². The molecule has 13 heavy (non-hydrogen) atoms. The molecule has 72 valence electrons. The number of halogens is 1. The fraction of sp³-hybridized carbons (Fsp3) is 0.444.